The van der Waals surface area contributed by atoms with Gasteiger partial charge in [-0.2, -0.15) is 0 Å². The molecule has 0 unspecified atom stereocenters. The number of carbonyl (C=O) groups is 1. The lowest BCUT2D eigenvalue weighted by Gasteiger charge is -2.09. The number of hydrogen-bond donors (Lipinski definition) is 1. The maximum atomic E-state index is 12.5. The number of nitrogens with zero attached hydrogens (tertiary/aromatic N) is 3. The van der Waals surface area contributed by atoms with E-state index in [0.717, 1.165) is 17.5 Å². The third kappa shape index (κ3) is 2.83. The highest BCUT2D eigenvalue weighted by Gasteiger charge is 2.21. The van der Waals surface area contributed by atoms with Crippen molar-refractivity contribution in [3.63, 3.8) is 0 Å². The fourth-order valence-electron chi connectivity index (χ4n) is 2.61. The van der Waals surface area contributed by atoms with Crippen molar-refractivity contribution in [2.45, 2.75) is 19.9 Å². The highest BCUT2D eigenvalue weighted by Crippen LogP contribution is 2.23. The molecule has 1 heterocycles. The summed E-state index contributed by atoms with van der Waals surface area (Å²) in [7, 11) is 0. The molecule has 122 valence electrons. The van der Waals surface area contributed by atoms with E-state index in [9.17, 15) is 14.9 Å². The number of hydrogen-bond acceptors (Lipinski definition) is 4. The molecule has 0 spiro atoms. The van der Waals surface area contributed by atoms with E-state index in [1.807, 2.05) is 35.8 Å². The Kier molecular flexibility index (Phi) is 4.24. The summed E-state index contributed by atoms with van der Waals surface area (Å²) in [6, 6.07) is 13.4. The molecule has 0 saturated heterocycles. The van der Waals surface area contributed by atoms with Gasteiger partial charge in [0.15, 0.2) is 0 Å². The maximum Gasteiger partial charge on any atom is 0.282 e. The van der Waals surface area contributed by atoms with E-state index >= 15 is 0 Å². The van der Waals surface area contributed by atoms with E-state index in [0.29, 0.717) is 12.5 Å². The van der Waals surface area contributed by atoms with Gasteiger partial charge in [-0.15, -0.1) is 0 Å². The Hall–Kier alpha value is -3.22. The first-order chi connectivity index (χ1) is 11.6. The molecule has 0 aliphatic heterocycles. The number of nitro benzene ring substituents is 1. The number of anilines is 1. The normalized spacial score (nSPS) is 10.7. The molecule has 0 bridgehead atoms. The number of carbonyl (C=O) groups excluding carboxylic acids is 1. The zero-order valence-electron chi connectivity index (χ0n) is 13.1. The Balaban J connectivity index is 1.99. The fraction of sp³-hybridized carbons (Fsp3) is 0.176. The molecule has 1 N–H and O–H groups in total. The number of nitrogens with one attached hydrogen (secondary N) is 1. The Labute approximate surface area is 138 Å². The summed E-state index contributed by atoms with van der Waals surface area (Å²) in [6.07, 6.45) is 0.870. The van der Waals surface area contributed by atoms with Gasteiger partial charge >= 0.3 is 0 Å². The van der Waals surface area contributed by atoms with Crippen LogP contribution in [0.2, 0.25) is 0 Å². The molecule has 24 heavy (non-hydrogen) atoms. The molecule has 0 aliphatic carbocycles. The monoisotopic (exact) mass is 324 g/mol. The van der Waals surface area contributed by atoms with Crippen LogP contribution in [0.15, 0.2) is 48.5 Å². The lowest BCUT2D eigenvalue weighted by Crippen LogP contribution is -2.17. The van der Waals surface area contributed by atoms with Crippen molar-refractivity contribution in [3.8, 4) is 0 Å². The van der Waals surface area contributed by atoms with Crippen molar-refractivity contribution in [1.29, 1.82) is 0 Å². The average Bonchev–Trinajstić information content (AvgIpc) is 2.93. The molecule has 0 radical (unpaired) electrons. The van der Waals surface area contributed by atoms with Crippen LogP contribution in [0.1, 0.15) is 23.7 Å². The van der Waals surface area contributed by atoms with Crippen LogP contribution in [0.4, 0.5) is 11.6 Å². The van der Waals surface area contributed by atoms with Crippen LogP contribution in [-0.2, 0) is 6.54 Å². The largest absolute Gasteiger partial charge is 0.310 e. The number of imidazole rings is 1. The number of nitro groups is 1. The molecule has 1 amide bonds. The summed E-state index contributed by atoms with van der Waals surface area (Å²) in [5, 5.41) is 13.8. The zero-order valence-corrected chi connectivity index (χ0v) is 13.1. The van der Waals surface area contributed by atoms with Crippen LogP contribution < -0.4 is 5.32 Å². The number of benzene rings is 2. The SMILES string of the molecule is CCCn1c(NC(=O)c2ccccc2[N+](=O)[O-])nc2ccccc21. The van der Waals surface area contributed by atoms with Crippen molar-refractivity contribution < 1.29 is 9.72 Å². The van der Waals surface area contributed by atoms with Crippen molar-refractivity contribution in [2.75, 3.05) is 5.32 Å². The van der Waals surface area contributed by atoms with Crippen LogP contribution in [0.5, 0.6) is 0 Å². The van der Waals surface area contributed by atoms with Crippen LogP contribution in [0.25, 0.3) is 11.0 Å². The summed E-state index contributed by atoms with van der Waals surface area (Å²) in [5.74, 6) is -0.156. The maximum absolute atomic E-state index is 12.5. The molecule has 3 aromatic rings. The van der Waals surface area contributed by atoms with Crippen LogP contribution >= 0.6 is 0 Å². The number of amides is 1. The van der Waals surface area contributed by atoms with Gasteiger partial charge in [-0.1, -0.05) is 31.2 Å². The molecular formula is C17H16N4O3. The Morgan fingerprint density at radius 1 is 1.21 bits per heavy atom. The first-order valence-corrected chi connectivity index (χ1v) is 7.62. The molecule has 7 heteroatoms. The first-order valence-electron chi connectivity index (χ1n) is 7.62. The van der Waals surface area contributed by atoms with Crippen molar-refractivity contribution in [2.24, 2.45) is 0 Å². The highest BCUT2D eigenvalue weighted by molar-refractivity contribution is 6.06. The van der Waals surface area contributed by atoms with E-state index < -0.39 is 10.8 Å². The second kappa shape index (κ2) is 6.49. The standard InChI is InChI=1S/C17H16N4O3/c1-2-11-20-15-10-6-4-8-13(15)18-17(20)19-16(22)12-7-3-5-9-14(12)21(23)24/h3-10H,2,11H2,1H3,(H,18,19,22). The van der Waals surface area contributed by atoms with Crippen LogP contribution in [-0.4, -0.2) is 20.4 Å². The van der Waals surface area contributed by atoms with Gasteiger partial charge in [0.1, 0.15) is 5.56 Å². The summed E-state index contributed by atoms with van der Waals surface area (Å²) in [6.45, 7) is 2.72. The summed E-state index contributed by atoms with van der Waals surface area (Å²) in [5.41, 5.74) is 1.46. The topological polar surface area (TPSA) is 90.1 Å². The van der Waals surface area contributed by atoms with E-state index in [1.54, 1.807) is 6.07 Å². The molecule has 0 atom stereocenters. The smallest absolute Gasteiger partial charge is 0.282 e. The number of para-hydroxylation sites is 3. The zero-order chi connectivity index (χ0) is 17.1. The van der Waals surface area contributed by atoms with Gasteiger partial charge in [0.05, 0.1) is 16.0 Å². The summed E-state index contributed by atoms with van der Waals surface area (Å²) in [4.78, 5) is 27.5. The Morgan fingerprint density at radius 3 is 2.67 bits per heavy atom. The quantitative estimate of drug-likeness (QED) is 0.573. The minimum Gasteiger partial charge on any atom is -0.310 e. The highest BCUT2D eigenvalue weighted by atomic mass is 16.6. The van der Waals surface area contributed by atoms with Crippen LogP contribution in [0, 0.1) is 10.1 Å². The molecule has 0 fully saturated rings. The summed E-state index contributed by atoms with van der Waals surface area (Å²) < 4.78 is 1.90. The second-order valence-corrected chi connectivity index (χ2v) is 5.30. The third-order valence-electron chi connectivity index (χ3n) is 3.67. The van der Waals surface area contributed by atoms with Gasteiger partial charge in [-0.05, 0) is 24.6 Å². The molecule has 1 aromatic heterocycles. The number of aryl methyl sites for hydroxylation is 1. The molecule has 0 saturated carbocycles. The van der Waals surface area contributed by atoms with Gasteiger partial charge in [0, 0.05) is 12.6 Å². The Bertz CT molecular complexity index is 917. The minimum absolute atomic E-state index is 0.0117. The lowest BCUT2D eigenvalue weighted by molar-refractivity contribution is -0.385. The van der Waals surface area contributed by atoms with Gasteiger partial charge in [0.25, 0.3) is 11.6 Å². The molecular weight excluding hydrogens is 308 g/mol. The fourth-order valence-corrected chi connectivity index (χ4v) is 2.61. The van der Waals surface area contributed by atoms with E-state index in [1.165, 1.54) is 18.2 Å². The van der Waals surface area contributed by atoms with Crippen molar-refractivity contribution in [1.82, 2.24) is 9.55 Å². The summed E-state index contributed by atoms with van der Waals surface area (Å²) >= 11 is 0. The van der Waals surface area contributed by atoms with Gasteiger partial charge in [-0.3, -0.25) is 20.2 Å². The molecule has 7 nitrogen and oxygen atoms in total. The number of aromatic nitrogens is 2. The van der Waals surface area contributed by atoms with Crippen LogP contribution in [0.3, 0.4) is 0 Å². The van der Waals surface area contributed by atoms with Crippen molar-refractivity contribution in [3.05, 3.63) is 64.2 Å². The predicted molar refractivity (Wildman–Crippen MR) is 91.1 cm³/mol. The van der Waals surface area contributed by atoms with Gasteiger partial charge < -0.3 is 4.57 Å². The minimum atomic E-state index is -0.566. The van der Waals surface area contributed by atoms with Crippen molar-refractivity contribution >= 4 is 28.6 Å². The van der Waals surface area contributed by atoms with Gasteiger partial charge in [0.2, 0.25) is 5.95 Å². The third-order valence-corrected chi connectivity index (χ3v) is 3.67. The Morgan fingerprint density at radius 2 is 1.92 bits per heavy atom. The molecule has 2 aromatic carbocycles. The predicted octanol–water partition coefficient (Wildman–Crippen LogP) is 3.61. The number of rotatable bonds is 5. The lowest BCUT2D eigenvalue weighted by atomic mass is 10.1. The average molecular weight is 324 g/mol. The van der Waals surface area contributed by atoms with Gasteiger partial charge in [-0.25, -0.2) is 4.98 Å². The second-order valence-electron chi connectivity index (χ2n) is 5.30. The van der Waals surface area contributed by atoms with E-state index in [4.69, 9.17) is 0 Å². The molecule has 3 rings (SSSR count). The number of fused-ring (bicyclic) bond motifs is 1. The molecule has 0 aliphatic rings. The van der Waals surface area contributed by atoms with E-state index in [-0.39, 0.29) is 11.3 Å². The van der Waals surface area contributed by atoms with E-state index in [2.05, 4.69) is 10.3 Å². The first kappa shape index (κ1) is 15.7.